The molecular formula is C118H144N6O20. The van der Waals surface area contributed by atoms with Crippen LogP contribution in [0.5, 0.6) is 40.2 Å². The average Bonchev–Trinajstić information content (AvgIpc) is 1.63. The molecule has 0 spiro atoms. The molecule has 0 aromatic heterocycles. The Kier molecular flexibility index (Phi) is 45.2. The van der Waals surface area contributed by atoms with Crippen LogP contribution in [0.25, 0.3) is 0 Å². The van der Waals surface area contributed by atoms with Gasteiger partial charge >= 0.3 is 0 Å². The van der Waals surface area contributed by atoms with Crippen molar-refractivity contribution in [1.29, 1.82) is 0 Å². The van der Waals surface area contributed by atoms with E-state index in [1.807, 2.05) is 231 Å². The van der Waals surface area contributed by atoms with Crippen molar-refractivity contribution in [1.82, 2.24) is 0 Å². The minimum absolute atomic E-state index is 0.143. The number of carbonyl (C=O) groups excluding carboxylic acids is 6. The molecule has 0 bridgehead atoms. The smallest absolute Gasteiger partial charge is 0.250 e. The van der Waals surface area contributed by atoms with E-state index in [1.165, 1.54) is 27.8 Å². The number of aliphatic hydroxyl groups excluding tert-OH is 1. The van der Waals surface area contributed by atoms with Crippen LogP contribution < -0.4 is 63.5 Å². The monoisotopic (exact) mass is 1970 g/mol. The van der Waals surface area contributed by atoms with E-state index < -0.39 is 5.91 Å². The van der Waals surface area contributed by atoms with Gasteiger partial charge in [-0.3, -0.25) is 60.0 Å². The Hall–Kier alpha value is -14.2. The fourth-order valence-electron chi connectivity index (χ4n) is 15.9. The second-order valence-electron chi connectivity index (χ2n) is 35.5. The number of amides is 6. The Balaban J connectivity index is 0.000000211. The van der Waals surface area contributed by atoms with E-state index in [9.17, 15) is 65.1 Å². The Morgan fingerprint density at radius 2 is 0.479 bits per heavy atom. The maximum Gasteiger partial charge on any atom is 0.250 e. The first-order valence-corrected chi connectivity index (χ1v) is 49.0. The maximum atomic E-state index is 12.0. The molecule has 7 N–H and O–H groups in total. The van der Waals surface area contributed by atoms with Crippen LogP contribution in [-0.4, -0.2) is 78.4 Å². The highest BCUT2D eigenvalue weighted by atomic mass is 16.5. The average molecular weight is 1970 g/mol. The number of ether oxygens (including phenoxy) is 7. The van der Waals surface area contributed by atoms with E-state index in [1.54, 1.807) is 102 Å². The zero-order chi connectivity index (χ0) is 106. The van der Waals surface area contributed by atoms with Gasteiger partial charge in [-0.15, -0.1) is 0 Å². The summed E-state index contributed by atoms with van der Waals surface area (Å²) in [5.41, 5.74) is 25.4. The second kappa shape index (κ2) is 56.6. The van der Waals surface area contributed by atoms with Crippen molar-refractivity contribution in [2.75, 3.05) is 37.0 Å². The number of nitrogens with zero attached hydrogens (tertiary/aromatic N) is 6. The molecular weight excluding hydrogens is 1820 g/mol. The number of rotatable bonds is 35. The van der Waals surface area contributed by atoms with Crippen LogP contribution in [0.15, 0.2) is 218 Å². The number of anilines is 6. The van der Waals surface area contributed by atoms with E-state index in [4.69, 9.17) is 33.2 Å². The third kappa shape index (κ3) is 32.4. The Morgan fingerprint density at radius 1 is 0.250 bits per heavy atom. The molecule has 26 nitrogen and oxygen atoms in total. The lowest BCUT2D eigenvalue weighted by Crippen LogP contribution is -2.27. The molecule has 144 heavy (non-hydrogen) atoms. The summed E-state index contributed by atoms with van der Waals surface area (Å²) in [4.78, 5) is 71.1. The van der Waals surface area contributed by atoms with Gasteiger partial charge < -0.3 is 38.3 Å². The van der Waals surface area contributed by atoms with Gasteiger partial charge in [0.25, 0.3) is 0 Å². The quantitative estimate of drug-likeness (QED) is 0.0143. The molecule has 1 saturated carbocycles. The molecule has 0 atom stereocenters. The highest BCUT2D eigenvalue weighted by molar-refractivity contribution is 5.95. The molecule has 0 radical (unpaired) electrons. The van der Waals surface area contributed by atoms with Crippen LogP contribution in [0.4, 0.5) is 34.1 Å². The van der Waals surface area contributed by atoms with Crippen LogP contribution in [0.1, 0.15) is 241 Å². The molecule has 12 aromatic carbocycles. The molecule has 6 amide bonds. The number of carbonyl (C=O) groups is 6. The van der Waals surface area contributed by atoms with E-state index in [0.717, 1.165) is 147 Å². The van der Waals surface area contributed by atoms with E-state index in [0.29, 0.717) is 116 Å². The highest BCUT2D eigenvalue weighted by Gasteiger charge is 2.31. The van der Waals surface area contributed by atoms with Gasteiger partial charge in [0.1, 0.15) is 79.9 Å². The fraction of sp³-hybridized carbons (Fsp3) is 0.339. The fourth-order valence-corrected chi connectivity index (χ4v) is 15.9. The number of hydroxylamine groups is 6. The first-order valence-electron chi connectivity index (χ1n) is 49.0. The van der Waals surface area contributed by atoms with Crippen molar-refractivity contribution >= 4 is 69.6 Å². The summed E-state index contributed by atoms with van der Waals surface area (Å²) < 4.78 is 41.3. The molecule has 0 aliphatic heterocycles. The zero-order valence-electron chi connectivity index (χ0n) is 87.5. The van der Waals surface area contributed by atoms with Crippen molar-refractivity contribution < 1.29 is 98.3 Å². The molecule has 26 heteroatoms. The molecule has 1 fully saturated rings. The number of benzene rings is 12. The Labute approximate surface area is 848 Å². The number of hydrogen-bond acceptors (Lipinski definition) is 20. The normalized spacial score (nSPS) is 11.0. The van der Waals surface area contributed by atoms with Crippen molar-refractivity contribution in [3.05, 3.63) is 346 Å². The van der Waals surface area contributed by atoms with Crippen molar-refractivity contribution in [3.63, 3.8) is 0 Å². The number of aliphatic hydroxyl groups is 1. The molecule has 1 aliphatic rings. The molecule has 0 heterocycles. The first kappa shape index (κ1) is 115. The number of hydrogen-bond donors (Lipinski definition) is 7. The lowest BCUT2D eigenvalue weighted by molar-refractivity contribution is -0.124. The van der Waals surface area contributed by atoms with Crippen LogP contribution >= 0.6 is 0 Å². The van der Waals surface area contributed by atoms with Crippen molar-refractivity contribution in [2.24, 2.45) is 0 Å². The molecule has 12 aromatic rings. The third-order valence-electron chi connectivity index (χ3n) is 24.2. The van der Waals surface area contributed by atoms with Crippen LogP contribution in [-0.2, 0) is 81.4 Å². The van der Waals surface area contributed by atoms with Crippen LogP contribution in [0.2, 0.25) is 0 Å². The SMILES string of the molecule is CCC(=O)N(O)c1cccc(C)c1COc1ccc(C)cc1C.CCC(=O)N(O)c1cccc(C)c1COc1ccc(C)cc1C.CCC(=O)N(O)c1cccc(C2CC2)c1COc1ccc(C)cc1C.CCC(=O)N(O)c1cccc(CC)c1COc1ccc(C)cc1C.CCC(=O)N(O)c1cccc(CO)c1COc1ccc(C)cc1C.CCOc1cccc(N(O)C(=O)CC)c1COc1ccc(C)cc1C. The zero-order valence-corrected chi connectivity index (χ0v) is 87.5. The van der Waals surface area contributed by atoms with Crippen molar-refractivity contribution in [2.45, 2.75) is 262 Å². The molecule has 1 aliphatic carbocycles. The first-order chi connectivity index (χ1) is 68.8. The molecule has 13 rings (SSSR count). The number of aryl methyl sites for hydroxylation is 15. The van der Waals surface area contributed by atoms with E-state index in [2.05, 4.69) is 37.3 Å². The summed E-state index contributed by atoms with van der Waals surface area (Å²) in [7, 11) is 0. The summed E-state index contributed by atoms with van der Waals surface area (Å²) >= 11 is 0. The summed E-state index contributed by atoms with van der Waals surface area (Å²) in [6, 6.07) is 68.5. The molecule has 0 saturated heterocycles. The highest BCUT2D eigenvalue weighted by Crippen LogP contribution is 2.45. The predicted molar refractivity (Wildman–Crippen MR) is 565 cm³/mol. The Morgan fingerprint density at radius 3 is 0.743 bits per heavy atom. The van der Waals surface area contributed by atoms with Gasteiger partial charge in [0.2, 0.25) is 35.4 Å². The van der Waals surface area contributed by atoms with Crippen molar-refractivity contribution in [3.8, 4) is 40.2 Å². The largest absolute Gasteiger partial charge is 0.493 e. The van der Waals surface area contributed by atoms with Gasteiger partial charge in [0.15, 0.2) is 0 Å². The topological polar surface area (TPSA) is 328 Å². The molecule has 0 unspecified atom stereocenters. The Bertz CT molecular complexity index is 6100. The van der Waals surface area contributed by atoms with Gasteiger partial charge in [0.05, 0.1) is 52.9 Å². The lowest BCUT2D eigenvalue weighted by Gasteiger charge is -2.21. The van der Waals surface area contributed by atoms with Gasteiger partial charge in [-0.1, -0.05) is 221 Å². The molecule has 766 valence electrons. The van der Waals surface area contributed by atoms with Gasteiger partial charge in [-0.05, 0) is 269 Å². The summed E-state index contributed by atoms with van der Waals surface area (Å²) in [5, 5.41) is 74.9. The van der Waals surface area contributed by atoms with Crippen LogP contribution in [0.3, 0.4) is 0 Å². The second-order valence-corrected chi connectivity index (χ2v) is 35.5. The van der Waals surface area contributed by atoms with Crippen LogP contribution in [0, 0.1) is 96.9 Å². The van der Waals surface area contributed by atoms with E-state index >= 15 is 0 Å². The van der Waals surface area contributed by atoms with Gasteiger partial charge in [-0.2, -0.15) is 30.4 Å². The standard InChI is InChI=1S/C21H25NO3.C20H25NO4.C20H25NO3.C19H23NO4.2C19H23NO3/c1-4-21(23)22(24)19-7-5-6-17(16-9-10-16)18(19)13-25-20-11-8-14(2)12-15(20)3;1-5-20(22)21(23)17-8-7-9-19(24-6-2)16(17)13-25-18-11-10-14(3)12-15(18)4;1-5-16-8-7-9-18(21(23)20(22)6-2)17(16)13-24-19-11-10-14(3)12-15(19)4;1-4-19(22)20(23)17-7-5-6-15(11-21)16(17)12-24-18-9-8-13(2)10-14(18)3;2*1-5-19(21)20(22)17-8-6-7-14(3)16(17)12-23-18-10-9-13(2)11-15(18)4/h5-8,11-12,16,24H,4,9-10,13H2,1-3H3;7-12,23H,5-6,13H2,1-4H3;7-12,23H,5-6,13H2,1-4H3;5-10,21,23H,4,11-12H2,1-3H3;2*6-11,22H,5,12H2,1-4H3. The maximum absolute atomic E-state index is 12.0. The third-order valence-corrected chi connectivity index (χ3v) is 24.2. The van der Waals surface area contributed by atoms with Gasteiger partial charge in [-0.25, -0.2) is 0 Å². The summed E-state index contributed by atoms with van der Waals surface area (Å²) in [6.07, 6.45) is 4.44. The minimum Gasteiger partial charge on any atom is -0.493 e. The summed E-state index contributed by atoms with van der Waals surface area (Å²) in [6.45, 7) is 44.1. The minimum atomic E-state index is -0.419. The lowest BCUT2D eigenvalue weighted by atomic mass is 10.0. The predicted octanol–water partition coefficient (Wildman–Crippen LogP) is 26.0. The summed E-state index contributed by atoms with van der Waals surface area (Å²) in [5.74, 6) is 3.67. The van der Waals surface area contributed by atoms with Gasteiger partial charge in [0, 0.05) is 66.3 Å². The van der Waals surface area contributed by atoms with E-state index in [-0.39, 0.29) is 87.9 Å².